The Balaban J connectivity index is 1.83. The minimum atomic E-state index is -0.781. The lowest BCUT2D eigenvalue weighted by Crippen LogP contribution is -2.34. The van der Waals surface area contributed by atoms with Crippen LogP contribution < -0.4 is 5.32 Å². The van der Waals surface area contributed by atoms with Crippen LogP contribution in [0.15, 0.2) is 48.5 Å². The zero-order valence-electron chi connectivity index (χ0n) is 12.8. The monoisotopic (exact) mass is 319 g/mol. The molecule has 0 aliphatic rings. The summed E-state index contributed by atoms with van der Waals surface area (Å²) >= 11 is 0. The van der Waals surface area contributed by atoms with Crippen LogP contribution in [0.1, 0.15) is 30.6 Å². The van der Waals surface area contributed by atoms with Crippen molar-refractivity contribution in [3.05, 3.63) is 71.3 Å². The van der Waals surface area contributed by atoms with Crippen LogP contribution in [0.2, 0.25) is 0 Å². The molecule has 2 aromatic rings. The van der Waals surface area contributed by atoms with E-state index in [0.29, 0.717) is 12.0 Å². The summed E-state index contributed by atoms with van der Waals surface area (Å²) in [5.41, 5.74) is 1.32. The third-order valence-electron chi connectivity index (χ3n) is 3.52. The average Bonchev–Trinajstić information content (AvgIpc) is 2.50. The van der Waals surface area contributed by atoms with E-state index in [2.05, 4.69) is 5.32 Å². The highest BCUT2D eigenvalue weighted by molar-refractivity contribution is 5.78. The number of carbonyl (C=O) groups excluding carboxylic acids is 1. The minimum Gasteiger partial charge on any atom is -0.388 e. The van der Waals surface area contributed by atoms with Crippen molar-refractivity contribution in [3.8, 4) is 0 Å². The van der Waals surface area contributed by atoms with Gasteiger partial charge in [0.05, 0.1) is 12.5 Å². The quantitative estimate of drug-likeness (QED) is 0.859. The summed E-state index contributed by atoms with van der Waals surface area (Å²) in [5, 5.41) is 12.9. The van der Waals surface area contributed by atoms with Crippen molar-refractivity contribution in [3.63, 3.8) is 0 Å². The molecule has 0 heterocycles. The zero-order chi connectivity index (χ0) is 16.8. The zero-order valence-corrected chi connectivity index (χ0v) is 12.8. The first kappa shape index (κ1) is 17.1. The van der Waals surface area contributed by atoms with E-state index in [-0.39, 0.29) is 30.0 Å². The number of rotatable bonds is 6. The molecule has 1 amide bonds. The first-order valence-corrected chi connectivity index (χ1v) is 7.41. The van der Waals surface area contributed by atoms with Crippen LogP contribution in [0.5, 0.6) is 0 Å². The molecule has 2 N–H and O–H groups in total. The topological polar surface area (TPSA) is 49.3 Å². The molecule has 23 heavy (non-hydrogen) atoms. The first-order chi connectivity index (χ1) is 10.9. The largest absolute Gasteiger partial charge is 0.388 e. The van der Waals surface area contributed by atoms with Gasteiger partial charge in [0.25, 0.3) is 0 Å². The van der Waals surface area contributed by atoms with Crippen molar-refractivity contribution < 1.29 is 18.7 Å². The lowest BCUT2D eigenvalue weighted by Gasteiger charge is -2.18. The molecular weight excluding hydrogens is 300 g/mol. The van der Waals surface area contributed by atoms with E-state index in [1.807, 2.05) is 0 Å². The summed E-state index contributed by atoms with van der Waals surface area (Å²) in [4.78, 5) is 11.9. The third kappa shape index (κ3) is 5.45. The molecule has 0 spiro atoms. The molecule has 3 nitrogen and oxygen atoms in total. The number of hydrogen-bond acceptors (Lipinski definition) is 2. The highest BCUT2D eigenvalue weighted by Crippen LogP contribution is 2.18. The molecule has 2 aromatic carbocycles. The number of nitrogens with one attached hydrogen (secondary N) is 1. The highest BCUT2D eigenvalue weighted by Gasteiger charge is 2.14. The van der Waals surface area contributed by atoms with E-state index in [4.69, 9.17) is 0 Å². The second-order valence-electron chi connectivity index (χ2n) is 5.57. The summed E-state index contributed by atoms with van der Waals surface area (Å²) in [5.74, 6) is -0.901. The maximum atomic E-state index is 12.9. The van der Waals surface area contributed by atoms with Gasteiger partial charge in [0, 0.05) is 6.04 Å². The van der Waals surface area contributed by atoms with Gasteiger partial charge < -0.3 is 10.4 Å². The van der Waals surface area contributed by atoms with Crippen LogP contribution in [0.3, 0.4) is 0 Å². The summed E-state index contributed by atoms with van der Waals surface area (Å²) < 4.78 is 25.7. The number of benzene rings is 2. The lowest BCUT2D eigenvalue weighted by atomic mass is 10.0. The number of hydrogen-bond donors (Lipinski definition) is 2. The lowest BCUT2D eigenvalue weighted by molar-refractivity contribution is -0.121. The van der Waals surface area contributed by atoms with Crippen molar-refractivity contribution in [1.82, 2.24) is 5.32 Å². The summed E-state index contributed by atoms with van der Waals surface area (Å²) in [6.45, 7) is 1.79. The maximum Gasteiger partial charge on any atom is 0.224 e. The number of aliphatic hydroxyl groups excluding tert-OH is 1. The van der Waals surface area contributed by atoms with Gasteiger partial charge in [-0.2, -0.15) is 0 Å². The summed E-state index contributed by atoms with van der Waals surface area (Å²) in [7, 11) is 0. The molecule has 0 saturated heterocycles. The van der Waals surface area contributed by atoms with Crippen molar-refractivity contribution >= 4 is 5.91 Å². The fourth-order valence-electron chi connectivity index (χ4n) is 2.33. The van der Waals surface area contributed by atoms with Crippen LogP contribution in [-0.2, 0) is 11.2 Å². The summed E-state index contributed by atoms with van der Waals surface area (Å²) in [6.07, 6.45) is -0.311. The Bertz CT molecular complexity index is 641. The third-order valence-corrected chi connectivity index (χ3v) is 3.52. The molecule has 0 fully saturated rings. The van der Waals surface area contributed by atoms with E-state index in [1.54, 1.807) is 19.1 Å². The second-order valence-corrected chi connectivity index (χ2v) is 5.57. The van der Waals surface area contributed by atoms with Crippen LogP contribution in [-0.4, -0.2) is 17.1 Å². The molecule has 0 radical (unpaired) electrons. The second kappa shape index (κ2) is 7.83. The van der Waals surface area contributed by atoms with Crippen molar-refractivity contribution in [1.29, 1.82) is 0 Å². The minimum absolute atomic E-state index is 0.150. The van der Waals surface area contributed by atoms with Gasteiger partial charge in [-0.3, -0.25) is 4.79 Å². The van der Waals surface area contributed by atoms with Gasteiger partial charge in [0.15, 0.2) is 0 Å². The molecule has 0 aliphatic carbocycles. The number of carbonyl (C=O) groups is 1. The number of halogens is 2. The van der Waals surface area contributed by atoms with Crippen LogP contribution >= 0.6 is 0 Å². The molecule has 2 rings (SSSR count). The Kier molecular flexibility index (Phi) is 5.82. The van der Waals surface area contributed by atoms with E-state index in [1.165, 1.54) is 36.4 Å². The Hall–Kier alpha value is -2.27. The molecule has 2 unspecified atom stereocenters. The van der Waals surface area contributed by atoms with E-state index < -0.39 is 6.10 Å². The predicted octanol–water partition coefficient (Wildman–Crippen LogP) is 3.14. The van der Waals surface area contributed by atoms with Gasteiger partial charge >= 0.3 is 0 Å². The Labute approximate surface area is 134 Å². The Morgan fingerprint density at radius 1 is 1.04 bits per heavy atom. The average molecular weight is 319 g/mol. The Morgan fingerprint density at radius 3 is 2.13 bits per heavy atom. The van der Waals surface area contributed by atoms with Crippen molar-refractivity contribution in [2.75, 3.05) is 0 Å². The van der Waals surface area contributed by atoms with Gasteiger partial charge in [-0.05, 0) is 48.7 Å². The SMILES string of the molecule is CC(CC(O)c1ccc(F)cc1)NC(=O)Cc1ccc(F)cc1. The van der Waals surface area contributed by atoms with E-state index in [0.717, 1.165) is 5.56 Å². The highest BCUT2D eigenvalue weighted by atomic mass is 19.1. The van der Waals surface area contributed by atoms with Crippen LogP contribution in [0.25, 0.3) is 0 Å². The van der Waals surface area contributed by atoms with Gasteiger partial charge in [0.2, 0.25) is 5.91 Å². The first-order valence-electron chi connectivity index (χ1n) is 7.41. The molecule has 2 atom stereocenters. The molecule has 122 valence electrons. The molecule has 0 aromatic heterocycles. The predicted molar refractivity (Wildman–Crippen MR) is 83.7 cm³/mol. The maximum absolute atomic E-state index is 12.9. The molecule has 0 aliphatic heterocycles. The normalized spacial score (nSPS) is 13.4. The van der Waals surface area contributed by atoms with E-state index in [9.17, 15) is 18.7 Å². The van der Waals surface area contributed by atoms with Crippen molar-refractivity contribution in [2.45, 2.75) is 31.9 Å². The standard InChI is InChI=1S/C18H19F2NO2/c1-12(10-17(22)14-4-8-16(20)9-5-14)21-18(23)11-13-2-6-15(19)7-3-13/h2-9,12,17,22H,10-11H2,1H3,(H,21,23). The van der Waals surface area contributed by atoms with E-state index >= 15 is 0 Å². The number of amides is 1. The van der Waals surface area contributed by atoms with Crippen LogP contribution in [0, 0.1) is 11.6 Å². The molecule has 5 heteroatoms. The van der Waals surface area contributed by atoms with Crippen molar-refractivity contribution in [2.24, 2.45) is 0 Å². The molecule has 0 saturated carbocycles. The van der Waals surface area contributed by atoms with Crippen LogP contribution in [0.4, 0.5) is 8.78 Å². The fourth-order valence-corrected chi connectivity index (χ4v) is 2.33. The van der Waals surface area contributed by atoms with Gasteiger partial charge in [0.1, 0.15) is 11.6 Å². The Morgan fingerprint density at radius 2 is 1.57 bits per heavy atom. The van der Waals surface area contributed by atoms with Gasteiger partial charge in [-0.25, -0.2) is 8.78 Å². The fraction of sp³-hybridized carbons (Fsp3) is 0.278. The number of aliphatic hydroxyl groups is 1. The van der Waals surface area contributed by atoms with Gasteiger partial charge in [-0.15, -0.1) is 0 Å². The summed E-state index contributed by atoms with van der Waals surface area (Å²) in [6, 6.07) is 11.1. The molecular formula is C18H19F2NO2. The molecule has 0 bridgehead atoms. The van der Waals surface area contributed by atoms with Gasteiger partial charge in [-0.1, -0.05) is 24.3 Å². The smallest absolute Gasteiger partial charge is 0.224 e.